The summed E-state index contributed by atoms with van der Waals surface area (Å²) < 4.78 is 17.6. The molecule has 62 heavy (non-hydrogen) atoms. The van der Waals surface area contributed by atoms with Crippen LogP contribution in [0, 0.1) is 6.92 Å². The fraction of sp³-hybridized carbons (Fsp3) is 0.220. The summed E-state index contributed by atoms with van der Waals surface area (Å²) in [6.45, 7) is 4.30. The number of carboxylic acid groups (broad SMARTS) is 1. The Labute approximate surface area is 357 Å². The summed E-state index contributed by atoms with van der Waals surface area (Å²) in [7, 11) is 0. The van der Waals surface area contributed by atoms with E-state index in [0.717, 1.165) is 89.6 Å². The Kier molecular flexibility index (Phi) is 11.0. The predicted octanol–water partition coefficient (Wildman–Crippen LogP) is 8.48. The smallest absolute Gasteiger partial charge is 0.450 e. The van der Waals surface area contributed by atoms with Crippen LogP contribution in [0.4, 0.5) is 9.59 Å². The van der Waals surface area contributed by atoms with Crippen molar-refractivity contribution in [1.29, 1.82) is 0 Å². The molecule has 7 aromatic rings. The third-order valence-corrected chi connectivity index (χ3v) is 12.0. The van der Waals surface area contributed by atoms with Crippen LogP contribution in [0.15, 0.2) is 114 Å². The molecule has 312 valence electrons. The number of alkyl carbamates (subject to hydrolysis) is 1. The van der Waals surface area contributed by atoms with Gasteiger partial charge in [0, 0.05) is 16.9 Å². The molecule has 3 N–H and O–H groups in total. The van der Waals surface area contributed by atoms with E-state index in [1.54, 1.807) is 11.5 Å². The zero-order valence-corrected chi connectivity index (χ0v) is 34.3. The maximum Gasteiger partial charge on any atom is 0.506 e. The monoisotopic (exact) mass is 828 g/mol. The third kappa shape index (κ3) is 7.65. The van der Waals surface area contributed by atoms with Crippen LogP contribution in [0.5, 0.6) is 0 Å². The van der Waals surface area contributed by atoms with Gasteiger partial charge in [0.15, 0.2) is 0 Å². The minimum atomic E-state index is -1.42. The van der Waals surface area contributed by atoms with Crippen LogP contribution in [0.1, 0.15) is 51.8 Å². The van der Waals surface area contributed by atoms with Gasteiger partial charge in [-0.3, -0.25) is 9.59 Å². The molecular weight excluding hydrogens is 785 g/mol. The molecule has 0 bridgehead atoms. The molecule has 2 aromatic heterocycles. The van der Waals surface area contributed by atoms with Gasteiger partial charge in [-0.25, -0.2) is 14.6 Å². The topological polar surface area (TPSA) is 158 Å². The highest BCUT2D eigenvalue weighted by Crippen LogP contribution is 2.45. The van der Waals surface area contributed by atoms with Gasteiger partial charge in [-0.1, -0.05) is 97.9 Å². The Morgan fingerprint density at radius 2 is 1.55 bits per heavy atom. The quantitative estimate of drug-likeness (QED) is 0.0449. The lowest BCUT2D eigenvalue weighted by Gasteiger charge is -2.14. The molecule has 9 rings (SSSR count). The van der Waals surface area contributed by atoms with E-state index in [0.29, 0.717) is 30.7 Å². The zero-order valence-electron chi connectivity index (χ0n) is 34.3. The van der Waals surface area contributed by atoms with Crippen molar-refractivity contribution < 1.29 is 33.7 Å². The van der Waals surface area contributed by atoms with E-state index >= 15 is 0 Å². The van der Waals surface area contributed by atoms with Crippen LogP contribution in [-0.4, -0.2) is 59.3 Å². The summed E-state index contributed by atoms with van der Waals surface area (Å²) >= 11 is 0. The second-order valence-corrected chi connectivity index (χ2v) is 15.6. The van der Waals surface area contributed by atoms with Crippen molar-refractivity contribution in [2.24, 2.45) is 0 Å². The first-order chi connectivity index (χ1) is 30.2. The Bertz CT molecular complexity index is 2930. The number of pyridine rings is 2. The molecule has 5 aromatic carbocycles. The number of carbonyl (C=O) groups excluding carboxylic acids is 2. The van der Waals surface area contributed by atoms with Crippen LogP contribution in [0.2, 0.25) is 0 Å². The summed E-state index contributed by atoms with van der Waals surface area (Å²) in [6, 6.07) is 37.0. The summed E-state index contributed by atoms with van der Waals surface area (Å²) in [5.74, 6) is -0.444. The van der Waals surface area contributed by atoms with Gasteiger partial charge in [0.2, 0.25) is 5.91 Å². The van der Waals surface area contributed by atoms with E-state index in [9.17, 15) is 19.2 Å². The lowest BCUT2D eigenvalue weighted by Crippen LogP contribution is -2.38. The minimum Gasteiger partial charge on any atom is -0.450 e. The summed E-state index contributed by atoms with van der Waals surface area (Å²) in [5.41, 5.74) is 12.9. The number of benzene rings is 5. The molecule has 0 unspecified atom stereocenters. The number of amides is 2. The van der Waals surface area contributed by atoms with E-state index < -0.39 is 12.2 Å². The first kappa shape index (κ1) is 40.1. The van der Waals surface area contributed by atoms with E-state index in [1.165, 1.54) is 0 Å². The molecule has 0 fully saturated rings. The average Bonchev–Trinajstić information content (AvgIpc) is 3.81. The van der Waals surface area contributed by atoms with Crippen LogP contribution in [0.3, 0.4) is 0 Å². The van der Waals surface area contributed by atoms with Crippen LogP contribution in [0.25, 0.3) is 55.3 Å². The van der Waals surface area contributed by atoms with Gasteiger partial charge >= 0.3 is 12.2 Å². The van der Waals surface area contributed by atoms with Crippen molar-refractivity contribution in [1.82, 2.24) is 20.2 Å². The van der Waals surface area contributed by atoms with Gasteiger partial charge in [-0.2, -0.15) is 0 Å². The SMILES string of the molecule is CCc1c2c(nc3ccc4ccc(-c5ccc(CCOCNC(=O)CNC(=O)OCC6c7ccccc7-c7ccccc76)cc5)cc4c13)-c1cc(C)c(COC(=O)O)c(=O)n1C2. The number of nitrogens with one attached hydrogen (secondary N) is 2. The first-order valence-corrected chi connectivity index (χ1v) is 20.7. The highest BCUT2D eigenvalue weighted by molar-refractivity contribution is 6.10. The predicted molar refractivity (Wildman–Crippen MR) is 236 cm³/mol. The molecule has 0 atom stereocenters. The standard InChI is InChI=1S/C50H44N4O8/c1-3-34-40-25-54-44(22-29(2)41(48(54)56)26-62-50(58)59)47(40)53-43-19-18-32-16-17-33(23-39(32)46(34)43)31-14-12-30(13-15-31)20-21-60-28-52-45(55)24-51-49(57)61-27-42-37-10-6-4-8-35(37)36-9-5-7-11-38(36)42/h4-19,22-23,42H,3,20-21,24-28H2,1-2H3,(H,51,57)(H,52,55)(H,58,59). The van der Waals surface area contributed by atoms with E-state index in [-0.39, 0.29) is 43.9 Å². The molecule has 0 spiro atoms. The molecule has 2 aliphatic rings. The van der Waals surface area contributed by atoms with Crippen molar-refractivity contribution in [3.63, 3.8) is 0 Å². The molecule has 12 heteroatoms. The van der Waals surface area contributed by atoms with Crippen molar-refractivity contribution >= 4 is 39.8 Å². The molecule has 0 saturated carbocycles. The van der Waals surface area contributed by atoms with Gasteiger partial charge in [-0.05, 0) is 98.8 Å². The van der Waals surface area contributed by atoms with Gasteiger partial charge < -0.3 is 34.5 Å². The number of carbonyl (C=O) groups is 3. The molecule has 3 heterocycles. The number of ether oxygens (including phenoxy) is 3. The van der Waals surface area contributed by atoms with Crippen molar-refractivity contribution in [2.45, 2.75) is 45.8 Å². The second-order valence-electron chi connectivity index (χ2n) is 15.6. The van der Waals surface area contributed by atoms with Gasteiger partial charge in [0.1, 0.15) is 26.5 Å². The summed E-state index contributed by atoms with van der Waals surface area (Å²) in [4.78, 5) is 54.6. The largest absolute Gasteiger partial charge is 0.506 e. The number of aryl methyl sites for hydroxylation is 2. The second kappa shape index (κ2) is 17.0. The number of nitrogens with zero attached hydrogens (tertiary/aromatic N) is 2. The molecule has 0 radical (unpaired) electrons. The summed E-state index contributed by atoms with van der Waals surface area (Å²) in [5, 5.41) is 17.5. The van der Waals surface area contributed by atoms with Gasteiger partial charge in [-0.15, -0.1) is 0 Å². The molecule has 12 nitrogen and oxygen atoms in total. The Morgan fingerprint density at radius 1 is 0.839 bits per heavy atom. The number of rotatable bonds is 13. The van der Waals surface area contributed by atoms with Crippen LogP contribution < -0.4 is 16.2 Å². The van der Waals surface area contributed by atoms with Crippen molar-refractivity contribution in [3.05, 3.63) is 158 Å². The molecule has 2 amide bonds. The number of hydrogen-bond acceptors (Lipinski definition) is 8. The lowest BCUT2D eigenvalue weighted by atomic mass is 9.92. The highest BCUT2D eigenvalue weighted by atomic mass is 16.7. The zero-order chi connectivity index (χ0) is 42.9. The van der Waals surface area contributed by atoms with Crippen molar-refractivity contribution in [2.75, 3.05) is 26.5 Å². The normalized spacial score (nSPS) is 12.4. The van der Waals surface area contributed by atoms with E-state index in [2.05, 4.69) is 90.4 Å². The fourth-order valence-electron chi connectivity index (χ4n) is 8.91. The maximum absolute atomic E-state index is 13.6. The number of hydrogen-bond donors (Lipinski definition) is 3. The third-order valence-electron chi connectivity index (χ3n) is 12.0. The summed E-state index contributed by atoms with van der Waals surface area (Å²) in [6.07, 6.45) is -0.697. The van der Waals surface area contributed by atoms with E-state index in [1.807, 2.05) is 36.4 Å². The maximum atomic E-state index is 13.6. The van der Waals surface area contributed by atoms with Crippen LogP contribution >= 0.6 is 0 Å². The van der Waals surface area contributed by atoms with Gasteiger partial charge in [0.25, 0.3) is 5.56 Å². The Morgan fingerprint density at radius 3 is 2.27 bits per heavy atom. The first-order valence-electron chi connectivity index (χ1n) is 20.7. The lowest BCUT2D eigenvalue weighted by molar-refractivity contribution is -0.121. The Hall–Kier alpha value is -7.31. The molecular formula is C50H44N4O8. The van der Waals surface area contributed by atoms with Crippen LogP contribution in [-0.2, 0) is 45.0 Å². The fourth-order valence-corrected chi connectivity index (χ4v) is 8.91. The average molecular weight is 829 g/mol. The minimum absolute atomic E-state index is 0.0113. The number of aromatic nitrogens is 2. The molecule has 0 saturated heterocycles. The highest BCUT2D eigenvalue weighted by Gasteiger charge is 2.30. The van der Waals surface area contributed by atoms with E-state index in [4.69, 9.17) is 24.3 Å². The van der Waals surface area contributed by atoms with Gasteiger partial charge in [0.05, 0.1) is 35.6 Å². The molecule has 1 aliphatic carbocycles. The number of fused-ring (bicyclic) bond motifs is 9. The van der Waals surface area contributed by atoms with Crippen molar-refractivity contribution in [3.8, 4) is 33.6 Å². The molecule has 1 aliphatic heterocycles. The Balaban J connectivity index is 0.790.